The zero-order chi connectivity index (χ0) is 14.1. The molecule has 0 amide bonds. The van der Waals surface area contributed by atoms with Gasteiger partial charge < -0.3 is 4.57 Å². The van der Waals surface area contributed by atoms with E-state index in [2.05, 4.69) is 111 Å². The molecule has 0 N–H and O–H groups in total. The predicted octanol–water partition coefficient (Wildman–Crippen LogP) is 5.82. The van der Waals surface area contributed by atoms with Crippen LogP contribution in [0.4, 0.5) is 0 Å². The molecule has 0 saturated heterocycles. The maximum atomic E-state index is 3.49. The van der Waals surface area contributed by atoms with Crippen LogP contribution in [0.25, 0.3) is 16.9 Å². The van der Waals surface area contributed by atoms with Crippen molar-refractivity contribution in [2.75, 3.05) is 0 Å². The second-order valence-corrected chi connectivity index (χ2v) is 6.84. The minimum absolute atomic E-state index is 1.10. The van der Waals surface area contributed by atoms with Crippen LogP contribution >= 0.6 is 38.5 Å². The van der Waals surface area contributed by atoms with Gasteiger partial charge in [0.25, 0.3) is 0 Å². The highest BCUT2D eigenvalue weighted by Gasteiger charge is 2.09. The molecule has 0 spiro atoms. The van der Waals surface area contributed by atoms with Crippen LogP contribution in [0.5, 0.6) is 0 Å². The highest BCUT2D eigenvalue weighted by molar-refractivity contribution is 14.1. The zero-order valence-corrected chi connectivity index (χ0v) is 14.7. The molecular weight excluding hydrogens is 425 g/mol. The number of halogens is 2. The number of hydrogen-bond acceptors (Lipinski definition) is 0. The van der Waals surface area contributed by atoms with Gasteiger partial charge in [0.05, 0.1) is 5.69 Å². The lowest BCUT2D eigenvalue weighted by molar-refractivity contribution is 1.02. The van der Waals surface area contributed by atoms with Gasteiger partial charge >= 0.3 is 0 Å². The zero-order valence-electron chi connectivity index (χ0n) is 11.0. The smallest absolute Gasteiger partial charge is 0.0531 e. The molecule has 0 aliphatic heterocycles. The van der Waals surface area contributed by atoms with Crippen LogP contribution in [-0.2, 0) is 0 Å². The third-order valence-electron chi connectivity index (χ3n) is 3.30. The van der Waals surface area contributed by atoms with Crippen LogP contribution in [0.15, 0.2) is 65.1 Å². The number of aryl methyl sites for hydroxylation is 1. The molecule has 3 heteroatoms. The largest absolute Gasteiger partial charge is 0.314 e. The first-order valence-corrected chi connectivity index (χ1v) is 8.22. The van der Waals surface area contributed by atoms with Crippen LogP contribution in [0, 0.1) is 10.5 Å². The van der Waals surface area contributed by atoms with Crippen molar-refractivity contribution >= 4 is 38.5 Å². The van der Waals surface area contributed by atoms with Crippen molar-refractivity contribution in [1.82, 2.24) is 4.57 Å². The fraction of sp³-hybridized carbons (Fsp3) is 0.0588. The van der Waals surface area contributed by atoms with Gasteiger partial charge in [-0.1, -0.05) is 28.1 Å². The van der Waals surface area contributed by atoms with Crippen molar-refractivity contribution in [2.45, 2.75) is 6.92 Å². The maximum Gasteiger partial charge on any atom is 0.0531 e. The highest BCUT2D eigenvalue weighted by atomic mass is 127. The second-order valence-electron chi connectivity index (χ2n) is 4.68. The summed E-state index contributed by atoms with van der Waals surface area (Å²) in [5, 5.41) is 0. The van der Waals surface area contributed by atoms with Crippen molar-refractivity contribution in [3.05, 3.63) is 74.4 Å². The highest BCUT2D eigenvalue weighted by Crippen LogP contribution is 2.27. The number of benzene rings is 2. The van der Waals surface area contributed by atoms with Gasteiger partial charge in [-0.2, -0.15) is 0 Å². The molecular formula is C17H13BrIN. The first kappa shape index (κ1) is 13.9. The average Bonchev–Trinajstić information content (AvgIpc) is 2.83. The summed E-state index contributed by atoms with van der Waals surface area (Å²) >= 11 is 5.82. The molecule has 0 bridgehead atoms. The van der Waals surface area contributed by atoms with E-state index in [1.165, 1.54) is 26.2 Å². The Morgan fingerprint density at radius 2 is 1.50 bits per heavy atom. The summed E-state index contributed by atoms with van der Waals surface area (Å²) in [6, 6.07) is 21.4. The summed E-state index contributed by atoms with van der Waals surface area (Å²) in [5.41, 5.74) is 4.88. The topological polar surface area (TPSA) is 4.93 Å². The first-order chi connectivity index (χ1) is 9.65. The lowest BCUT2D eigenvalue weighted by Gasteiger charge is -2.12. The summed E-state index contributed by atoms with van der Waals surface area (Å²) in [4.78, 5) is 0. The Morgan fingerprint density at radius 3 is 2.15 bits per heavy atom. The minimum Gasteiger partial charge on any atom is -0.314 e. The summed E-state index contributed by atoms with van der Waals surface area (Å²) in [5.74, 6) is 0. The first-order valence-electron chi connectivity index (χ1n) is 6.35. The Bertz CT molecular complexity index is 727. The molecule has 2 aromatic carbocycles. The number of nitrogens with zero attached hydrogens (tertiary/aromatic N) is 1. The van der Waals surface area contributed by atoms with E-state index in [1.807, 2.05) is 0 Å². The van der Waals surface area contributed by atoms with E-state index >= 15 is 0 Å². The third kappa shape index (κ3) is 2.69. The van der Waals surface area contributed by atoms with Crippen LogP contribution in [-0.4, -0.2) is 4.57 Å². The average molecular weight is 438 g/mol. The molecule has 20 heavy (non-hydrogen) atoms. The van der Waals surface area contributed by atoms with Gasteiger partial charge in [-0.15, -0.1) is 0 Å². The Balaban J connectivity index is 2.14. The Kier molecular flexibility index (Phi) is 3.98. The third-order valence-corrected chi connectivity index (χ3v) is 4.55. The molecule has 3 rings (SSSR count). The van der Waals surface area contributed by atoms with E-state index in [9.17, 15) is 0 Å². The second kappa shape index (κ2) is 5.74. The predicted molar refractivity (Wildman–Crippen MR) is 96.4 cm³/mol. The SMILES string of the molecule is Cc1ccc(-c2ccc(Br)cc2)n1-c1ccc(I)cc1. The fourth-order valence-corrected chi connectivity index (χ4v) is 2.94. The lowest BCUT2D eigenvalue weighted by atomic mass is 10.1. The number of rotatable bonds is 2. The standard InChI is InChI=1S/C17H13BrIN/c1-12-2-11-17(13-3-5-14(18)6-4-13)20(12)16-9-7-15(19)8-10-16/h2-11H,1H3. The van der Waals surface area contributed by atoms with Crippen molar-refractivity contribution < 1.29 is 0 Å². The van der Waals surface area contributed by atoms with Crippen molar-refractivity contribution in [2.24, 2.45) is 0 Å². The Hall–Kier alpha value is -1.07. The molecule has 0 aliphatic carbocycles. The minimum atomic E-state index is 1.10. The van der Waals surface area contributed by atoms with E-state index in [1.54, 1.807) is 0 Å². The summed E-state index contributed by atoms with van der Waals surface area (Å²) in [6.07, 6.45) is 0. The van der Waals surface area contributed by atoms with Crippen molar-refractivity contribution in [1.29, 1.82) is 0 Å². The van der Waals surface area contributed by atoms with Crippen LogP contribution in [0.2, 0.25) is 0 Å². The maximum absolute atomic E-state index is 3.49. The van der Waals surface area contributed by atoms with E-state index in [-0.39, 0.29) is 0 Å². The molecule has 0 radical (unpaired) electrons. The van der Waals surface area contributed by atoms with E-state index in [4.69, 9.17) is 0 Å². The molecule has 1 heterocycles. The summed E-state index contributed by atoms with van der Waals surface area (Å²) < 4.78 is 4.64. The van der Waals surface area contributed by atoms with E-state index in [0.717, 1.165) is 4.47 Å². The lowest BCUT2D eigenvalue weighted by Crippen LogP contribution is -1.98. The monoisotopic (exact) mass is 437 g/mol. The van der Waals surface area contributed by atoms with Gasteiger partial charge in [0.2, 0.25) is 0 Å². The molecule has 0 atom stereocenters. The van der Waals surface area contributed by atoms with Crippen molar-refractivity contribution in [3.63, 3.8) is 0 Å². The Morgan fingerprint density at radius 1 is 0.850 bits per heavy atom. The van der Waals surface area contributed by atoms with E-state index < -0.39 is 0 Å². The van der Waals surface area contributed by atoms with Gasteiger partial charge in [0.1, 0.15) is 0 Å². The molecule has 0 fully saturated rings. The van der Waals surface area contributed by atoms with Crippen LogP contribution in [0.1, 0.15) is 5.69 Å². The molecule has 0 saturated carbocycles. The molecule has 100 valence electrons. The van der Waals surface area contributed by atoms with Gasteiger partial charge in [-0.3, -0.25) is 0 Å². The van der Waals surface area contributed by atoms with Gasteiger partial charge in [0.15, 0.2) is 0 Å². The number of aromatic nitrogens is 1. The van der Waals surface area contributed by atoms with E-state index in [0.29, 0.717) is 0 Å². The van der Waals surface area contributed by atoms with Crippen LogP contribution in [0.3, 0.4) is 0 Å². The summed E-state index contributed by atoms with van der Waals surface area (Å²) in [7, 11) is 0. The van der Waals surface area contributed by atoms with Gasteiger partial charge in [-0.25, -0.2) is 0 Å². The fourth-order valence-electron chi connectivity index (χ4n) is 2.32. The molecule has 0 aliphatic rings. The quantitative estimate of drug-likeness (QED) is 0.445. The van der Waals surface area contributed by atoms with Crippen LogP contribution < -0.4 is 0 Å². The Labute approximate surface area is 140 Å². The molecule has 1 nitrogen and oxygen atoms in total. The molecule has 1 aromatic heterocycles. The van der Waals surface area contributed by atoms with Gasteiger partial charge in [-0.05, 0) is 83.6 Å². The van der Waals surface area contributed by atoms with Gasteiger partial charge in [0, 0.05) is 19.4 Å². The molecule has 0 unspecified atom stereocenters. The normalized spacial score (nSPS) is 10.8. The van der Waals surface area contributed by atoms with Crippen molar-refractivity contribution in [3.8, 4) is 16.9 Å². The number of hydrogen-bond donors (Lipinski definition) is 0. The summed E-state index contributed by atoms with van der Waals surface area (Å²) in [6.45, 7) is 2.14. The molecule has 3 aromatic rings.